The third kappa shape index (κ3) is 4.91. The van der Waals surface area contributed by atoms with Gasteiger partial charge in [0, 0.05) is 17.6 Å². The van der Waals surface area contributed by atoms with E-state index in [4.69, 9.17) is 0 Å². The Balaban J connectivity index is 2.05. The summed E-state index contributed by atoms with van der Waals surface area (Å²) in [5, 5.41) is 2.76. The molecule has 0 aliphatic carbocycles. The number of rotatable bonds is 5. The molecule has 2 aromatic rings. The quantitative estimate of drug-likeness (QED) is 0.873. The van der Waals surface area contributed by atoms with Gasteiger partial charge in [-0.1, -0.05) is 51.1 Å². The molecule has 6 heteroatoms. The molecule has 0 saturated heterocycles. The summed E-state index contributed by atoms with van der Waals surface area (Å²) < 4.78 is 27.2. The second kappa shape index (κ2) is 7.15. The van der Waals surface area contributed by atoms with E-state index in [1.165, 1.54) is 12.1 Å². The number of amides is 1. The van der Waals surface area contributed by atoms with Crippen LogP contribution in [0.1, 0.15) is 26.3 Å². The van der Waals surface area contributed by atoms with Crippen LogP contribution in [0.15, 0.2) is 59.5 Å². The summed E-state index contributed by atoms with van der Waals surface area (Å²) in [6.45, 7) is 5.67. The molecule has 1 amide bonds. The van der Waals surface area contributed by atoms with Gasteiger partial charge in [-0.25, -0.2) is 13.1 Å². The maximum Gasteiger partial charge on any atom is 0.240 e. The van der Waals surface area contributed by atoms with Crippen LogP contribution in [0.2, 0.25) is 0 Å². The average Bonchev–Trinajstić information content (AvgIpc) is 2.54. The highest BCUT2D eigenvalue weighted by Gasteiger charge is 2.21. The summed E-state index contributed by atoms with van der Waals surface area (Å²) >= 11 is 0. The van der Waals surface area contributed by atoms with Crippen molar-refractivity contribution in [3.05, 3.63) is 60.2 Å². The van der Waals surface area contributed by atoms with E-state index >= 15 is 0 Å². The Bertz CT molecular complexity index is 792. The Morgan fingerprint density at radius 2 is 1.54 bits per heavy atom. The lowest BCUT2D eigenvalue weighted by molar-refractivity contribution is -0.123. The molecule has 0 aliphatic heterocycles. The Kier molecular flexibility index (Phi) is 5.41. The number of nitrogens with one attached hydrogen (secondary N) is 2. The molecular weight excluding hydrogens is 324 g/mol. The largest absolute Gasteiger partial charge is 0.326 e. The Morgan fingerprint density at radius 3 is 2.08 bits per heavy atom. The summed E-state index contributed by atoms with van der Waals surface area (Å²) in [6.07, 6.45) is 0. The topological polar surface area (TPSA) is 75.3 Å². The van der Waals surface area contributed by atoms with E-state index in [-0.39, 0.29) is 17.3 Å². The average molecular weight is 346 g/mol. The van der Waals surface area contributed by atoms with E-state index < -0.39 is 15.4 Å². The zero-order valence-corrected chi connectivity index (χ0v) is 14.9. The van der Waals surface area contributed by atoms with Gasteiger partial charge in [-0.05, 0) is 29.8 Å². The van der Waals surface area contributed by atoms with Gasteiger partial charge in [0.15, 0.2) is 0 Å². The minimum Gasteiger partial charge on any atom is -0.326 e. The molecule has 2 aromatic carbocycles. The monoisotopic (exact) mass is 346 g/mol. The van der Waals surface area contributed by atoms with Crippen molar-refractivity contribution in [1.82, 2.24) is 4.72 Å². The van der Waals surface area contributed by atoms with Crippen LogP contribution in [0.4, 0.5) is 5.69 Å². The number of carbonyl (C=O) groups is 1. The Morgan fingerprint density at radius 1 is 0.958 bits per heavy atom. The number of hydrogen-bond donors (Lipinski definition) is 2. The molecule has 0 unspecified atom stereocenters. The molecule has 0 fully saturated rings. The second-order valence-corrected chi connectivity index (χ2v) is 8.31. The highest BCUT2D eigenvalue weighted by molar-refractivity contribution is 7.89. The van der Waals surface area contributed by atoms with E-state index in [1.807, 2.05) is 51.1 Å². The van der Waals surface area contributed by atoms with Gasteiger partial charge in [-0.3, -0.25) is 4.79 Å². The molecule has 0 aromatic heterocycles. The molecule has 0 aliphatic rings. The third-order valence-corrected chi connectivity index (χ3v) is 4.83. The van der Waals surface area contributed by atoms with Crippen molar-refractivity contribution < 1.29 is 13.2 Å². The lowest BCUT2D eigenvalue weighted by Crippen LogP contribution is -2.27. The third-order valence-electron chi connectivity index (χ3n) is 3.41. The summed E-state index contributed by atoms with van der Waals surface area (Å²) in [5.41, 5.74) is 0.939. The fourth-order valence-electron chi connectivity index (χ4n) is 1.89. The summed E-state index contributed by atoms with van der Waals surface area (Å²) in [6, 6.07) is 15.4. The van der Waals surface area contributed by atoms with Crippen LogP contribution in [0.3, 0.4) is 0 Å². The number of hydrogen-bond acceptors (Lipinski definition) is 3. The summed E-state index contributed by atoms with van der Waals surface area (Å²) in [7, 11) is -3.59. The lowest BCUT2D eigenvalue weighted by Gasteiger charge is -2.17. The zero-order chi connectivity index (χ0) is 17.8. The lowest BCUT2D eigenvalue weighted by atomic mass is 9.95. The molecular formula is C18H22N2O3S. The van der Waals surface area contributed by atoms with Crippen molar-refractivity contribution in [1.29, 1.82) is 0 Å². The number of sulfonamides is 1. The Hall–Kier alpha value is -2.18. The predicted octanol–water partition coefficient (Wildman–Crippen LogP) is 3.15. The first-order valence-electron chi connectivity index (χ1n) is 7.63. The van der Waals surface area contributed by atoms with E-state index in [0.29, 0.717) is 5.69 Å². The first-order chi connectivity index (χ1) is 11.2. The SMILES string of the molecule is CC(C)(C)C(=O)Nc1ccc(S(=O)(=O)NCc2ccccc2)cc1. The maximum absolute atomic E-state index is 12.3. The molecule has 2 N–H and O–H groups in total. The number of carbonyl (C=O) groups excluding carboxylic acids is 1. The minimum atomic E-state index is -3.59. The van der Waals surface area contributed by atoms with E-state index in [0.717, 1.165) is 5.56 Å². The fraction of sp³-hybridized carbons (Fsp3) is 0.278. The highest BCUT2D eigenvalue weighted by Crippen LogP contribution is 2.19. The standard InChI is InChI=1S/C18H22N2O3S/c1-18(2,3)17(21)20-15-9-11-16(12-10-15)24(22,23)19-13-14-7-5-4-6-8-14/h4-12,19H,13H2,1-3H3,(H,20,21). The van der Waals surface area contributed by atoms with Gasteiger partial charge in [0.2, 0.25) is 15.9 Å². The maximum atomic E-state index is 12.3. The highest BCUT2D eigenvalue weighted by atomic mass is 32.2. The molecule has 128 valence electrons. The van der Waals surface area contributed by atoms with Crippen LogP contribution in [-0.2, 0) is 21.4 Å². The van der Waals surface area contributed by atoms with Crippen LogP contribution in [0.25, 0.3) is 0 Å². The van der Waals surface area contributed by atoms with Gasteiger partial charge in [0.05, 0.1) is 4.90 Å². The van der Waals surface area contributed by atoms with Crippen LogP contribution in [0.5, 0.6) is 0 Å². The van der Waals surface area contributed by atoms with Crippen LogP contribution in [-0.4, -0.2) is 14.3 Å². The molecule has 0 spiro atoms. The first kappa shape index (κ1) is 18.2. The van der Waals surface area contributed by atoms with Gasteiger partial charge >= 0.3 is 0 Å². The molecule has 0 atom stereocenters. The smallest absolute Gasteiger partial charge is 0.240 e. The molecule has 5 nitrogen and oxygen atoms in total. The summed E-state index contributed by atoms with van der Waals surface area (Å²) in [4.78, 5) is 12.1. The van der Waals surface area contributed by atoms with Crippen molar-refractivity contribution in [3.63, 3.8) is 0 Å². The van der Waals surface area contributed by atoms with Crippen LogP contribution < -0.4 is 10.0 Å². The second-order valence-electron chi connectivity index (χ2n) is 6.54. The molecule has 2 rings (SSSR count). The van der Waals surface area contributed by atoms with Crippen molar-refractivity contribution in [2.45, 2.75) is 32.2 Å². The molecule has 0 bridgehead atoms. The van der Waals surface area contributed by atoms with Crippen LogP contribution >= 0.6 is 0 Å². The Labute approximate surface area is 143 Å². The fourth-order valence-corrected chi connectivity index (χ4v) is 2.91. The molecule has 0 radical (unpaired) electrons. The van der Waals surface area contributed by atoms with E-state index in [2.05, 4.69) is 10.0 Å². The first-order valence-corrected chi connectivity index (χ1v) is 9.12. The normalized spacial score (nSPS) is 12.0. The van der Waals surface area contributed by atoms with E-state index in [1.54, 1.807) is 12.1 Å². The van der Waals surface area contributed by atoms with Gasteiger partial charge in [0.25, 0.3) is 0 Å². The van der Waals surface area contributed by atoms with Crippen molar-refractivity contribution in [3.8, 4) is 0 Å². The number of anilines is 1. The predicted molar refractivity (Wildman–Crippen MR) is 95.0 cm³/mol. The van der Waals surface area contributed by atoms with Crippen molar-refractivity contribution in [2.75, 3.05) is 5.32 Å². The van der Waals surface area contributed by atoms with Crippen molar-refractivity contribution >= 4 is 21.6 Å². The zero-order valence-electron chi connectivity index (χ0n) is 14.0. The van der Waals surface area contributed by atoms with Crippen LogP contribution in [0, 0.1) is 5.41 Å². The van der Waals surface area contributed by atoms with Gasteiger partial charge in [0.1, 0.15) is 0 Å². The van der Waals surface area contributed by atoms with Gasteiger partial charge in [-0.15, -0.1) is 0 Å². The number of benzene rings is 2. The summed E-state index contributed by atoms with van der Waals surface area (Å²) in [5.74, 6) is -0.125. The van der Waals surface area contributed by atoms with Gasteiger partial charge < -0.3 is 5.32 Å². The van der Waals surface area contributed by atoms with Crippen molar-refractivity contribution in [2.24, 2.45) is 5.41 Å². The molecule has 0 heterocycles. The van der Waals surface area contributed by atoms with Gasteiger partial charge in [-0.2, -0.15) is 0 Å². The molecule has 24 heavy (non-hydrogen) atoms. The molecule has 0 saturated carbocycles. The van der Waals surface area contributed by atoms with E-state index in [9.17, 15) is 13.2 Å². The minimum absolute atomic E-state index is 0.125.